The molecule has 1 fully saturated rings. The van der Waals surface area contributed by atoms with E-state index in [1.54, 1.807) is 12.1 Å². The van der Waals surface area contributed by atoms with Crippen molar-refractivity contribution in [3.05, 3.63) is 17.0 Å². The fourth-order valence-electron chi connectivity index (χ4n) is 2.17. The van der Waals surface area contributed by atoms with Crippen LogP contribution in [0.1, 0.15) is 31.1 Å². The minimum Gasteiger partial charge on any atom is -0.389 e. The molecule has 1 aromatic heterocycles. The van der Waals surface area contributed by atoms with Crippen molar-refractivity contribution in [1.29, 1.82) is 0 Å². The Labute approximate surface area is 117 Å². The molecule has 1 aliphatic rings. The molecule has 2 rings (SSSR count). The summed E-state index contributed by atoms with van der Waals surface area (Å²) in [5, 5.41) is 0. The molecule has 0 radical (unpaired) electrons. The van der Waals surface area contributed by atoms with Gasteiger partial charge in [0.25, 0.3) is 0 Å². The Morgan fingerprint density at radius 3 is 2.72 bits per heavy atom. The van der Waals surface area contributed by atoms with E-state index in [1.165, 1.54) is 0 Å². The molecule has 100 valence electrons. The summed E-state index contributed by atoms with van der Waals surface area (Å²) < 4.78 is 27.4. The van der Waals surface area contributed by atoms with Crippen LogP contribution in [0.3, 0.4) is 0 Å². The third-order valence-electron chi connectivity index (χ3n) is 3.26. The lowest BCUT2D eigenvalue weighted by molar-refractivity contribution is 0.477. The van der Waals surface area contributed by atoms with Crippen LogP contribution in [0.2, 0.25) is 0 Å². The molecular weight excluding hydrogens is 288 g/mol. The van der Waals surface area contributed by atoms with Gasteiger partial charge in [0.2, 0.25) is 10.0 Å². The van der Waals surface area contributed by atoms with Crippen LogP contribution in [0.5, 0.6) is 0 Å². The van der Waals surface area contributed by atoms with Crippen molar-refractivity contribution in [3.8, 4) is 0 Å². The van der Waals surface area contributed by atoms with Crippen LogP contribution in [-0.2, 0) is 10.0 Å². The van der Waals surface area contributed by atoms with Gasteiger partial charge in [-0.05, 0) is 30.9 Å². The summed E-state index contributed by atoms with van der Waals surface area (Å²) in [6.07, 6.45) is 3.07. The molecule has 3 N–H and O–H groups in total. The highest BCUT2D eigenvalue weighted by molar-refractivity contribution is 7.91. The van der Waals surface area contributed by atoms with Crippen molar-refractivity contribution in [2.24, 2.45) is 11.7 Å². The smallest absolute Gasteiger partial charge is 0.250 e. The molecule has 1 aromatic rings. The fraction of sp³-hybridized carbons (Fsp3) is 0.545. The maximum atomic E-state index is 12.2. The lowest BCUT2D eigenvalue weighted by Crippen LogP contribution is -2.36. The Morgan fingerprint density at radius 1 is 1.50 bits per heavy atom. The lowest BCUT2D eigenvalue weighted by Gasteiger charge is -2.16. The van der Waals surface area contributed by atoms with Crippen LogP contribution in [0.25, 0.3) is 0 Å². The van der Waals surface area contributed by atoms with Gasteiger partial charge in [-0.25, -0.2) is 13.1 Å². The van der Waals surface area contributed by atoms with E-state index in [0.29, 0.717) is 10.8 Å². The van der Waals surface area contributed by atoms with Gasteiger partial charge in [-0.15, -0.1) is 11.3 Å². The highest BCUT2D eigenvalue weighted by Gasteiger charge is 2.29. The maximum Gasteiger partial charge on any atom is 0.250 e. The van der Waals surface area contributed by atoms with Crippen LogP contribution in [-0.4, -0.2) is 19.4 Å². The van der Waals surface area contributed by atoms with E-state index < -0.39 is 10.0 Å². The molecule has 0 saturated heterocycles. The van der Waals surface area contributed by atoms with Gasteiger partial charge in [-0.3, -0.25) is 0 Å². The van der Waals surface area contributed by atoms with Gasteiger partial charge < -0.3 is 5.73 Å². The topological polar surface area (TPSA) is 72.2 Å². The van der Waals surface area contributed by atoms with E-state index in [9.17, 15) is 8.42 Å². The van der Waals surface area contributed by atoms with Crippen molar-refractivity contribution < 1.29 is 8.42 Å². The highest BCUT2D eigenvalue weighted by atomic mass is 32.2. The first-order chi connectivity index (χ1) is 8.40. The normalized spacial score (nSPS) is 24.3. The summed E-state index contributed by atoms with van der Waals surface area (Å²) >= 11 is 5.95. The van der Waals surface area contributed by atoms with Crippen molar-refractivity contribution >= 4 is 38.6 Å². The van der Waals surface area contributed by atoms with Gasteiger partial charge in [-0.1, -0.05) is 25.6 Å². The second-order valence-corrected chi connectivity index (χ2v) is 8.08. The molecule has 1 aliphatic carbocycles. The van der Waals surface area contributed by atoms with Gasteiger partial charge >= 0.3 is 0 Å². The van der Waals surface area contributed by atoms with E-state index in [1.807, 2.05) is 0 Å². The zero-order chi connectivity index (χ0) is 13.3. The zero-order valence-corrected chi connectivity index (χ0v) is 12.5. The molecule has 7 heteroatoms. The molecule has 1 saturated carbocycles. The Morgan fingerprint density at radius 2 is 2.22 bits per heavy atom. The second kappa shape index (κ2) is 5.24. The zero-order valence-electron chi connectivity index (χ0n) is 10.0. The third-order valence-corrected chi connectivity index (χ3v) is 6.71. The van der Waals surface area contributed by atoms with Gasteiger partial charge in [0.1, 0.15) is 9.20 Å². The van der Waals surface area contributed by atoms with Crippen LogP contribution in [0.4, 0.5) is 0 Å². The predicted octanol–water partition coefficient (Wildman–Crippen LogP) is 1.85. The minimum atomic E-state index is -3.44. The van der Waals surface area contributed by atoms with Gasteiger partial charge in [0.05, 0.1) is 4.88 Å². The van der Waals surface area contributed by atoms with Crippen molar-refractivity contribution in [2.45, 2.75) is 36.4 Å². The summed E-state index contributed by atoms with van der Waals surface area (Å²) in [5.74, 6) is 0.398. The van der Waals surface area contributed by atoms with E-state index in [2.05, 4.69) is 11.6 Å². The first-order valence-corrected chi connectivity index (χ1v) is 8.53. The Kier molecular flexibility index (Phi) is 4.05. The number of hydrogen-bond acceptors (Lipinski definition) is 4. The molecule has 1 heterocycles. The average molecular weight is 304 g/mol. The highest BCUT2D eigenvalue weighted by Crippen LogP contribution is 2.28. The summed E-state index contributed by atoms with van der Waals surface area (Å²) in [5.41, 5.74) is 5.48. The molecule has 0 aliphatic heterocycles. The molecule has 0 bridgehead atoms. The number of thiophene rings is 1. The first-order valence-electron chi connectivity index (χ1n) is 5.82. The van der Waals surface area contributed by atoms with Crippen LogP contribution < -0.4 is 10.5 Å². The van der Waals surface area contributed by atoms with E-state index in [4.69, 9.17) is 18.0 Å². The third kappa shape index (κ3) is 2.90. The summed E-state index contributed by atoms with van der Waals surface area (Å²) in [6.45, 7) is 2.08. The molecular formula is C11H16N2O2S3. The average Bonchev–Trinajstić information content (AvgIpc) is 2.88. The van der Waals surface area contributed by atoms with Crippen molar-refractivity contribution in [2.75, 3.05) is 0 Å². The number of nitrogens with two attached hydrogens (primary N) is 1. The minimum absolute atomic E-state index is 0.0466. The molecule has 4 nitrogen and oxygen atoms in total. The van der Waals surface area contributed by atoms with Crippen LogP contribution in [0.15, 0.2) is 16.3 Å². The lowest BCUT2D eigenvalue weighted by atomic mass is 10.1. The number of sulfonamides is 1. The van der Waals surface area contributed by atoms with Crippen LogP contribution >= 0.6 is 23.6 Å². The molecule has 18 heavy (non-hydrogen) atoms. The number of nitrogens with one attached hydrogen (secondary N) is 1. The molecule has 0 amide bonds. The molecule has 0 aromatic carbocycles. The monoisotopic (exact) mass is 304 g/mol. The summed E-state index contributed by atoms with van der Waals surface area (Å²) in [6, 6.07) is 3.26. The standard InChI is InChI=1S/C11H16N2O2S3/c1-7-3-2-4-8(7)13-18(14,15)10-6-5-9(17-10)11(12)16/h5-8,13H,2-4H2,1H3,(H2,12,16). The first kappa shape index (κ1) is 13.9. The Balaban J connectivity index is 2.17. The van der Waals surface area contributed by atoms with Crippen molar-refractivity contribution in [1.82, 2.24) is 4.72 Å². The molecule has 0 spiro atoms. The SMILES string of the molecule is CC1CCCC1NS(=O)(=O)c1ccc(C(N)=S)s1. The number of hydrogen-bond donors (Lipinski definition) is 2. The van der Waals surface area contributed by atoms with E-state index in [0.717, 1.165) is 30.6 Å². The fourth-order valence-corrected chi connectivity index (χ4v) is 4.92. The summed E-state index contributed by atoms with van der Waals surface area (Å²) in [4.78, 5) is 0.862. The van der Waals surface area contributed by atoms with Gasteiger partial charge in [0.15, 0.2) is 0 Å². The molecule has 2 atom stereocenters. The Bertz CT molecular complexity index is 550. The quantitative estimate of drug-likeness (QED) is 0.833. The largest absolute Gasteiger partial charge is 0.389 e. The van der Waals surface area contributed by atoms with Crippen LogP contribution in [0, 0.1) is 5.92 Å². The maximum absolute atomic E-state index is 12.2. The van der Waals surface area contributed by atoms with Crippen molar-refractivity contribution in [3.63, 3.8) is 0 Å². The van der Waals surface area contributed by atoms with E-state index in [-0.39, 0.29) is 15.2 Å². The van der Waals surface area contributed by atoms with Gasteiger partial charge in [-0.2, -0.15) is 0 Å². The number of rotatable bonds is 4. The van der Waals surface area contributed by atoms with Gasteiger partial charge in [0, 0.05) is 6.04 Å². The molecule has 2 unspecified atom stereocenters. The summed E-state index contributed by atoms with van der Waals surface area (Å²) in [7, 11) is -3.44. The predicted molar refractivity (Wildman–Crippen MR) is 77.3 cm³/mol. The second-order valence-electron chi connectivity index (χ2n) is 4.62. The number of thiocarbonyl (C=S) groups is 1. The van der Waals surface area contributed by atoms with E-state index >= 15 is 0 Å². The Hall–Kier alpha value is -0.500.